The molecular formula is C40H53N3O7. The van der Waals surface area contributed by atoms with Crippen LogP contribution in [0, 0.1) is 5.92 Å². The highest BCUT2D eigenvalue weighted by molar-refractivity contribution is 5.80. The Balaban J connectivity index is 1.25. The van der Waals surface area contributed by atoms with E-state index in [-0.39, 0.29) is 12.3 Å². The summed E-state index contributed by atoms with van der Waals surface area (Å²) in [6, 6.07) is 24.1. The lowest BCUT2D eigenvalue weighted by atomic mass is 9.88. The van der Waals surface area contributed by atoms with E-state index >= 15 is 0 Å². The van der Waals surface area contributed by atoms with Gasteiger partial charge in [-0.1, -0.05) is 66.7 Å². The average Bonchev–Trinajstić information content (AvgIpc) is 3.41. The second kappa shape index (κ2) is 17.8. The summed E-state index contributed by atoms with van der Waals surface area (Å²) in [5.74, 6) is -0.0895. The molecule has 5 rings (SSSR count). The molecule has 0 bridgehead atoms. The normalized spacial score (nSPS) is 19.5. The largest absolute Gasteiger partial charge is 0.492 e. The van der Waals surface area contributed by atoms with Crippen LogP contribution in [0.1, 0.15) is 61.9 Å². The van der Waals surface area contributed by atoms with Crippen LogP contribution in [0.2, 0.25) is 0 Å². The van der Waals surface area contributed by atoms with Crippen LogP contribution in [0.3, 0.4) is 0 Å². The van der Waals surface area contributed by atoms with Gasteiger partial charge in [-0.15, -0.1) is 0 Å². The van der Waals surface area contributed by atoms with E-state index < -0.39 is 41.9 Å². The molecule has 10 nitrogen and oxygen atoms in total. The summed E-state index contributed by atoms with van der Waals surface area (Å²) < 4.78 is 16.9. The second-order valence-electron chi connectivity index (χ2n) is 14.4. The molecule has 2 aliphatic rings. The number of aliphatic hydroxyl groups is 2. The van der Waals surface area contributed by atoms with Crippen LogP contribution >= 0.6 is 0 Å². The summed E-state index contributed by atoms with van der Waals surface area (Å²) in [6.45, 7) is 10.2. The van der Waals surface area contributed by atoms with E-state index in [1.165, 1.54) is 0 Å². The van der Waals surface area contributed by atoms with Crippen molar-refractivity contribution in [1.82, 2.24) is 15.5 Å². The standard InChI is InChI=1S/C40H53N3O7/c1-40(2,3)50-39(47)41-34(18-15-28-13-16-32(17-14-28)49-24-21-43-19-22-48-23-20-43)35(44)27-31(25-29-9-5-4-6-10-29)38(46)42-37-33-12-8-7-11-30(33)26-36(37)45/h4-14,16-17,31,34-37,44-45H,15,18-27H2,1-3H3,(H,41,47)(H,42,46)/t31?,34?,35?,36-,37-/m0/s1. The van der Waals surface area contributed by atoms with Gasteiger partial charge >= 0.3 is 6.09 Å². The molecule has 1 aliphatic heterocycles. The third-order valence-electron chi connectivity index (χ3n) is 9.34. The highest BCUT2D eigenvalue weighted by Gasteiger charge is 2.35. The van der Waals surface area contributed by atoms with Crippen molar-refractivity contribution in [3.8, 4) is 5.75 Å². The van der Waals surface area contributed by atoms with Crippen LogP contribution in [0.25, 0.3) is 0 Å². The van der Waals surface area contributed by atoms with Gasteiger partial charge in [0, 0.05) is 32.0 Å². The van der Waals surface area contributed by atoms with Crippen molar-refractivity contribution in [2.75, 3.05) is 39.5 Å². The smallest absolute Gasteiger partial charge is 0.407 e. The maximum atomic E-state index is 13.9. The predicted octanol–water partition coefficient (Wildman–Crippen LogP) is 4.61. The number of ether oxygens (including phenoxy) is 3. The first-order chi connectivity index (χ1) is 24.0. The molecule has 2 amide bonds. The van der Waals surface area contributed by atoms with Gasteiger partial charge in [-0.3, -0.25) is 9.69 Å². The number of aryl methyl sites for hydroxylation is 1. The number of fused-ring (bicyclic) bond motifs is 1. The van der Waals surface area contributed by atoms with Gasteiger partial charge in [0.15, 0.2) is 0 Å². The maximum Gasteiger partial charge on any atom is 0.407 e. The summed E-state index contributed by atoms with van der Waals surface area (Å²) in [4.78, 5) is 29.2. The lowest BCUT2D eigenvalue weighted by Crippen LogP contribution is -2.48. The van der Waals surface area contributed by atoms with Crippen molar-refractivity contribution in [3.05, 3.63) is 101 Å². The summed E-state index contributed by atoms with van der Waals surface area (Å²) in [6.07, 6.45) is -0.455. The first kappa shape index (κ1) is 37.3. The number of carbonyl (C=O) groups excluding carboxylic acids is 2. The monoisotopic (exact) mass is 687 g/mol. The molecule has 4 N–H and O–H groups in total. The van der Waals surface area contributed by atoms with Crippen LogP contribution in [-0.4, -0.2) is 90.4 Å². The fourth-order valence-corrected chi connectivity index (χ4v) is 6.67. The number of carbonyl (C=O) groups is 2. The van der Waals surface area contributed by atoms with Gasteiger partial charge in [-0.2, -0.15) is 0 Å². The minimum absolute atomic E-state index is 0.0988. The number of aliphatic hydroxyl groups excluding tert-OH is 2. The van der Waals surface area contributed by atoms with E-state index in [9.17, 15) is 19.8 Å². The fourth-order valence-electron chi connectivity index (χ4n) is 6.67. The van der Waals surface area contributed by atoms with E-state index in [4.69, 9.17) is 14.2 Å². The zero-order valence-corrected chi connectivity index (χ0v) is 29.6. The molecule has 0 saturated carbocycles. The molecule has 3 aromatic rings. The molecule has 10 heteroatoms. The number of rotatable bonds is 15. The zero-order chi connectivity index (χ0) is 35.5. The summed E-state index contributed by atoms with van der Waals surface area (Å²) in [5, 5.41) is 28.5. The summed E-state index contributed by atoms with van der Waals surface area (Å²) >= 11 is 0. The first-order valence-corrected chi connectivity index (χ1v) is 17.8. The van der Waals surface area contributed by atoms with Crippen molar-refractivity contribution in [1.29, 1.82) is 0 Å². The van der Waals surface area contributed by atoms with E-state index in [2.05, 4.69) is 15.5 Å². The maximum absolute atomic E-state index is 13.9. The van der Waals surface area contributed by atoms with Gasteiger partial charge < -0.3 is 35.1 Å². The van der Waals surface area contributed by atoms with Crippen molar-refractivity contribution in [2.24, 2.45) is 5.92 Å². The number of hydrogen-bond acceptors (Lipinski definition) is 8. The molecule has 1 aliphatic carbocycles. The molecule has 0 spiro atoms. The highest BCUT2D eigenvalue weighted by Crippen LogP contribution is 2.32. The molecule has 0 radical (unpaired) electrons. The third kappa shape index (κ3) is 11.3. The van der Waals surface area contributed by atoms with Crippen LogP contribution in [0.4, 0.5) is 4.79 Å². The van der Waals surface area contributed by atoms with Crippen LogP contribution < -0.4 is 15.4 Å². The van der Waals surface area contributed by atoms with Crippen LogP contribution in [0.15, 0.2) is 78.9 Å². The molecule has 50 heavy (non-hydrogen) atoms. The van der Waals surface area contributed by atoms with Gasteiger partial charge in [0.05, 0.1) is 37.5 Å². The number of benzene rings is 3. The third-order valence-corrected chi connectivity index (χ3v) is 9.34. The quantitative estimate of drug-likeness (QED) is 0.183. The Morgan fingerprint density at radius 2 is 1.66 bits per heavy atom. The van der Waals surface area contributed by atoms with Gasteiger partial charge in [-0.05, 0) is 80.8 Å². The average molecular weight is 688 g/mol. The topological polar surface area (TPSA) is 130 Å². The number of amides is 2. The Morgan fingerprint density at radius 1 is 0.960 bits per heavy atom. The zero-order valence-electron chi connectivity index (χ0n) is 29.6. The first-order valence-electron chi connectivity index (χ1n) is 17.8. The molecule has 1 fully saturated rings. The Bertz CT molecular complexity index is 1510. The summed E-state index contributed by atoms with van der Waals surface area (Å²) in [7, 11) is 0. The molecule has 5 atom stereocenters. The molecule has 1 saturated heterocycles. The Kier molecular flexibility index (Phi) is 13.3. The van der Waals surface area contributed by atoms with Crippen LogP contribution in [-0.2, 0) is 33.5 Å². The van der Waals surface area contributed by atoms with Gasteiger partial charge in [0.2, 0.25) is 5.91 Å². The summed E-state index contributed by atoms with van der Waals surface area (Å²) in [5.41, 5.74) is 3.19. The molecule has 3 aromatic carbocycles. The van der Waals surface area contributed by atoms with Gasteiger partial charge in [-0.25, -0.2) is 4.79 Å². The lowest BCUT2D eigenvalue weighted by Gasteiger charge is -2.29. The van der Waals surface area contributed by atoms with Crippen molar-refractivity contribution in [2.45, 2.75) is 82.8 Å². The number of nitrogens with zero attached hydrogens (tertiary/aromatic N) is 1. The molecule has 270 valence electrons. The van der Waals surface area contributed by atoms with E-state index in [1.54, 1.807) is 20.8 Å². The molecular weight excluding hydrogens is 634 g/mol. The van der Waals surface area contributed by atoms with E-state index in [1.807, 2.05) is 78.9 Å². The number of nitrogens with one attached hydrogen (secondary N) is 2. The van der Waals surface area contributed by atoms with Crippen molar-refractivity contribution in [3.63, 3.8) is 0 Å². The SMILES string of the molecule is CC(C)(C)OC(=O)NC(CCc1ccc(OCCN2CCOCC2)cc1)C(O)CC(Cc1ccccc1)C(=O)N[C@H]1c2ccccc2C[C@@H]1O. The molecule has 3 unspecified atom stereocenters. The lowest BCUT2D eigenvalue weighted by molar-refractivity contribution is -0.127. The van der Waals surface area contributed by atoms with E-state index in [0.717, 1.165) is 60.9 Å². The number of morpholine rings is 1. The fraction of sp³-hybridized carbons (Fsp3) is 0.500. The second-order valence-corrected chi connectivity index (χ2v) is 14.4. The Labute approximate surface area is 296 Å². The van der Waals surface area contributed by atoms with Crippen molar-refractivity contribution >= 4 is 12.0 Å². The number of hydrogen-bond donors (Lipinski definition) is 4. The van der Waals surface area contributed by atoms with Gasteiger partial charge in [0.1, 0.15) is 18.0 Å². The highest BCUT2D eigenvalue weighted by atomic mass is 16.6. The minimum atomic E-state index is -1.05. The Morgan fingerprint density at radius 3 is 2.38 bits per heavy atom. The Hall–Kier alpha value is -3.96. The predicted molar refractivity (Wildman–Crippen MR) is 192 cm³/mol. The molecule has 1 heterocycles. The van der Waals surface area contributed by atoms with E-state index in [0.29, 0.717) is 32.3 Å². The van der Waals surface area contributed by atoms with Crippen molar-refractivity contribution < 1.29 is 34.0 Å². The minimum Gasteiger partial charge on any atom is -0.492 e. The number of alkyl carbamates (subject to hydrolysis) is 1. The van der Waals surface area contributed by atoms with Gasteiger partial charge in [0.25, 0.3) is 0 Å². The molecule has 0 aromatic heterocycles. The van der Waals surface area contributed by atoms with Crippen LogP contribution in [0.5, 0.6) is 5.75 Å².